The van der Waals surface area contributed by atoms with Gasteiger partial charge in [0.05, 0.1) is 18.3 Å². The van der Waals surface area contributed by atoms with Crippen LogP contribution in [0.5, 0.6) is 0 Å². The second-order valence-corrected chi connectivity index (χ2v) is 12.1. The lowest BCUT2D eigenvalue weighted by molar-refractivity contribution is -0.0366. The SMILES string of the molecule is CC(C)(C)OC(=O)N1CCCC(CCCOCCc2c(Cl)cc3c(cnn3C3CCCCO3)c2Br)C1. The van der Waals surface area contributed by atoms with Crippen molar-refractivity contribution in [2.75, 3.05) is 32.9 Å². The highest BCUT2D eigenvalue weighted by Crippen LogP contribution is 2.36. The number of aromatic nitrogens is 2. The third-order valence-electron chi connectivity index (χ3n) is 6.88. The van der Waals surface area contributed by atoms with Crippen molar-refractivity contribution in [3.63, 3.8) is 0 Å². The molecule has 0 radical (unpaired) electrons. The van der Waals surface area contributed by atoms with Crippen LogP contribution in [0, 0.1) is 5.92 Å². The van der Waals surface area contributed by atoms with Gasteiger partial charge in [-0.15, -0.1) is 0 Å². The third kappa shape index (κ3) is 7.15. The normalized spacial score (nSPS) is 21.2. The van der Waals surface area contributed by atoms with E-state index in [1.807, 2.05) is 42.6 Å². The number of hydrogen-bond donors (Lipinski definition) is 0. The molecule has 2 saturated heterocycles. The molecule has 2 unspecified atom stereocenters. The van der Waals surface area contributed by atoms with E-state index in [9.17, 15) is 4.79 Å². The number of piperidine rings is 1. The lowest BCUT2D eigenvalue weighted by atomic mass is 9.94. The number of amides is 1. The standard InChI is InChI=1S/C27H39BrClN3O4/c1-27(2,3)36-26(33)31-12-6-8-19(18-31)9-7-13-34-15-11-20-22(29)16-23-21(25(20)28)17-30-32(23)24-10-4-5-14-35-24/h16-17,19,24H,4-15,18H2,1-3H3. The molecule has 7 nitrogen and oxygen atoms in total. The summed E-state index contributed by atoms with van der Waals surface area (Å²) in [4.78, 5) is 14.2. The van der Waals surface area contributed by atoms with Crippen LogP contribution in [0.4, 0.5) is 4.79 Å². The number of carbonyl (C=O) groups excluding carboxylic acids is 1. The van der Waals surface area contributed by atoms with Gasteiger partial charge in [0.1, 0.15) is 5.60 Å². The van der Waals surface area contributed by atoms with E-state index < -0.39 is 5.60 Å². The molecule has 1 aromatic carbocycles. The minimum atomic E-state index is -0.454. The average molecular weight is 585 g/mol. The van der Waals surface area contributed by atoms with Crippen molar-refractivity contribution in [1.29, 1.82) is 0 Å². The minimum absolute atomic E-state index is 0.0196. The molecule has 2 aliphatic rings. The van der Waals surface area contributed by atoms with E-state index in [2.05, 4.69) is 21.0 Å². The predicted molar refractivity (Wildman–Crippen MR) is 146 cm³/mol. The molecule has 0 aliphatic carbocycles. The Morgan fingerprint density at radius 1 is 1.25 bits per heavy atom. The lowest BCUT2D eigenvalue weighted by Gasteiger charge is -2.34. The van der Waals surface area contributed by atoms with Crippen LogP contribution in [-0.4, -0.2) is 59.3 Å². The summed E-state index contributed by atoms with van der Waals surface area (Å²) < 4.78 is 20.4. The molecule has 200 valence electrons. The Balaban J connectivity index is 1.22. The van der Waals surface area contributed by atoms with Gasteiger partial charge in [0.15, 0.2) is 6.23 Å². The Bertz CT molecular complexity index is 1030. The first-order valence-electron chi connectivity index (χ1n) is 13.2. The van der Waals surface area contributed by atoms with E-state index in [1.54, 1.807) is 0 Å². The maximum atomic E-state index is 12.4. The van der Waals surface area contributed by atoms with Crippen molar-refractivity contribution in [3.05, 3.63) is 27.3 Å². The van der Waals surface area contributed by atoms with Gasteiger partial charge in [0.2, 0.25) is 0 Å². The number of nitrogens with zero attached hydrogens (tertiary/aromatic N) is 3. The number of benzene rings is 1. The molecule has 0 saturated carbocycles. The van der Waals surface area contributed by atoms with Gasteiger partial charge >= 0.3 is 6.09 Å². The fourth-order valence-corrected chi connectivity index (χ4v) is 6.20. The van der Waals surface area contributed by atoms with Gasteiger partial charge in [-0.2, -0.15) is 5.10 Å². The molecule has 1 aromatic heterocycles. The Morgan fingerprint density at radius 2 is 2.08 bits per heavy atom. The van der Waals surface area contributed by atoms with Gasteiger partial charge in [0.25, 0.3) is 0 Å². The monoisotopic (exact) mass is 583 g/mol. The van der Waals surface area contributed by atoms with Crippen molar-refractivity contribution in [1.82, 2.24) is 14.7 Å². The molecule has 2 atom stereocenters. The molecule has 3 heterocycles. The number of carbonyl (C=O) groups is 1. The quantitative estimate of drug-likeness (QED) is 0.309. The van der Waals surface area contributed by atoms with Crippen LogP contribution in [0.1, 0.15) is 77.5 Å². The first-order valence-corrected chi connectivity index (χ1v) is 14.4. The molecule has 0 spiro atoms. The van der Waals surface area contributed by atoms with Crippen molar-refractivity contribution >= 4 is 44.5 Å². The second kappa shape index (κ2) is 12.5. The van der Waals surface area contributed by atoms with Crippen LogP contribution in [0.25, 0.3) is 10.9 Å². The Kier molecular flexibility index (Phi) is 9.58. The average Bonchev–Trinajstić information content (AvgIpc) is 3.26. The predicted octanol–water partition coefficient (Wildman–Crippen LogP) is 7.14. The Morgan fingerprint density at radius 3 is 2.83 bits per heavy atom. The summed E-state index contributed by atoms with van der Waals surface area (Å²) in [5.41, 5.74) is 1.59. The summed E-state index contributed by atoms with van der Waals surface area (Å²) in [7, 11) is 0. The zero-order valence-electron chi connectivity index (χ0n) is 21.7. The zero-order valence-corrected chi connectivity index (χ0v) is 24.1. The summed E-state index contributed by atoms with van der Waals surface area (Å²) in [6.45, 7) is 9.38. The molecular formula is C27H39BrClN3O4. The molecule has 2 aliphatic heterocycles. The number of likely N-dealkylation sites (tertiary alicyclic amines) is 1. The third-order valence-corrected chi connectivity index (χ3v) is 8.13. The highest BCUT2D eigenvalue weighted by atomic mass is 79.9. The first kappa shape index (κ1) is 27.7. The number of halogens is 2. The van der Waals surface area contributed by atoms with Gasteiger partial charge in [-0.3, -0.25) is 0 Å². The molecule has 9 heteroatoms. The van der Waals surface area contributed by atoms with Gasteiger partial charge < -0.3 is 19.1 Å². The first-order chi connectivity index (χ1) is 17.2. The summed E-state index contributed by atoms with van der Waals surface area (Å²) in [6.07, 6.45) is 9.86. The maximum absolute atomic E-state index is 12.4. The van der Waals surface area contributed by atoms with Crippen LogP contribution in [0.15, 0.2) is 16.7 Å². The van der Waals surface area contributed by atoms with E-state index in [-0.39, 0.29) is 12.3 Å². The molecule has 36 heavy (non-hydrogen) atoms. The largest absolute Gasteiger partial charge is 0.444 e. The van der Waals surface area contributed by atoms with Crippen LogP contribution >= 0.6 is 27.5 Å². The summed E-state index contributed by atoms with van der Waals surface area (Å²) in [5.74, 6) is 0.505. The van der Waals surface area contributed by atoms with E-state index >= 15 is 0 Å². The van der Waals surface area contributed by atoms with Crippen molar-refractivity contribution < 1.29 is 19.0 Å². The molecule has 1 amide bonds. The maximum Gasteiger partial charge on any atom is 0.410 e. The molecular weight excluding hydrogens is 546 g/mol. The summed E-state index contributed by atoms with van der Waals surface area (Å²) in [5, 5.41) is 6.37. The van der Waals surface area contributed by atoms with Gasteiger partial charge in [-0.25, -0.2) is 9.48 Å². The fraction of sp³-hybridized carbons (Fsp3) is 0.704. The van der Waals surface area contributed by atoms with E-state index in [1.165, 1.54) is 0 Å². The molecule has 2 fully saturated rings. The molecule has 0 N–H and O–H groups in total. The Labute approximate surface area is 227 Å². The summed E-state index contributed by atoms with van der Waals surface area (Å²) >= 11 is 10.5. The zero-order chi connectivity index (χ0) is 25.7. The summed E-state index contributed by atoms with van der Waals surface area (Å²) in [6, 6.07) is 2.00. The van der Waals surface area contributed by atoms with E-state index in [0.29, 0.717) is 19.1 Å². The van der Waals surface area contributed by atoms with Gasteiger partial charge in [-0.1, -0.05) is 11.6 Å². The fourth-order valence-electron chi connectivity index (χ4n) is 5.08. The number of ether oxygens (including phenoxy) is 3. The number of fused-ring (bicyclic) bond motifs is 1. The molecule has 2 aromatic rings. The number of rotatable bonds is 8. The lowest BCUT2D eigenvalue weighted by Crippen LogP contribution is -2.42. The Hall–Kier alpha value is -1.35. The highest BCUT2D eigenvalue weighted by molar-refractivity contribution is 9.10. The van der Waals surface area contributed by atoms with Gasteiger partial charge in [-0.05, 0) is 106 Å². The van der Waals surface area contributed by atoms with E-state index in [4.69, 9.17) is 25.8 Å². The van der Waals surface area contributed by atoms with Gasteiger partial charge in [0, 0.05) is 41.2 Å². The van der Waals surface area contributed by atoms with Crippen LogP contribution in [0.3, 0.4) is 0 Å². The second-order valence-electron chi connectivity index (χ2n) is 10.9. The molecule has 0 bridgehead atoms. The topological polar surface area (TPSA) is 65.8 Å². The van der Waals surface area contributed by atoms with Crippen LogP contribution in [0.2, 0.25) is 5.02 Å². The van der Waals surface area contributed by atoms with E-state index in [0.717, 1.165) is 97.0 Å². The van der Waals surface area contributed by atoms with Crippen molar-refractivity contribution in [2.24, 2.45) is 5.92 Å². The number of hydrogen-bond acceptors (Lipinski definition) is 5. The van der Waals surface area contributed by atoms with Crippen LogP contribution < -0.4 is 0 Å². The van der Waals surface area contributed by atoms with Crippen LogP contribution in [-0.2, 0) is 20.6 Å². The highest BCUT2D eigenvalue weighted by Gasteiger charge is 2.27. The molecule has 4 rings (SSSR count). The smallest absolute Gasteiger partial charge is 0.410 e. The van der Waals surface area contributed by atoms with Crippen molar-refractivity contribution in [2.45, 2.75) is 84.0 Å². The minimum Gasteiger partial charge on any atom is -0.444 e. The van der Waals surface area contributed by atoms with Crippen molar-refractivity contribution in [3.8, 4) is 0 Å².